The fourth-order valence-electron chi connectivity index (χ4n) is 2.48. The van der Waals surface area contributed by atoms with Crippen LogP contribution in [0.2, 0.25) is 0 Å². The molecule has 0 heterocycles. The first-order valence-electron chi connectivity index (χ1n) is 7.81. The van der Waals surface area contributed by atoms with Gasteiger partial charge in [-0.2, -0.15) is 0 Å². The molecular formula is C21H18O4. The van der Waals surface area contributed by atoms with Gasteiger partial charge < -0.3 is 14.2 Å². The Bertz CT molecular complexity index is 855. The topological polar surface area (TPSA) is 44.8 Å². The zero-order chi connectivity index (χ0) is 17.6. The van der Waals surface area contributed by atoms with Crippen LogP contribution in [0.1, 0.15) is 10.4 Å². The molecule has 3 rings (SSSR count). The van der Waals surface area contributed by atoms with Gasteiger partial charge in [0.15, 0.2) is 0 Å². The van der Waals surface area contributed by atoms with E-state index in [0.717, 1.165) is 11.1 Å². The summed E-state index contributed by atoms with van der Waals surface area (Å²) in [7, 11) is 3.06. The highest BCUT2D eigenvalue weighted by molar-refractivity contribution is 5.94. The first-order chi connectivity index (χ1) is 12.2. The number of rotatable bonds is 5. The Morgan fingerprint density at radius 3 is 2.00 bits per heavy atom. The van der Waals surface area contributed by atoms with Gasteiger partial charge in [0, 0.05) is 6.07 Å². The minimum Gasteiger partial charge on any atom is -0.497 e. The monoisotopic (exact) mass is 334 g/mol. The van der Waals surface area contributed by atoms with Crippen molar-refractivity contribution in [2.24, 2.45) is 0 Å². The minimum absolute atomic E-state index is 0.343. The molecule has 0 N–H and O–H groups in total. The molecule has 3 aromatic carbocycles. The molecular weight excluding hydrogens is 316 g/mol. The van der Waals surface area contributed by atoms with Crippen molar-refractivity contribution < 1.29 is 19.0 Å². The number of hydrogen-bond acceptors (Lipinski definition) is 4. The van der Waals surface area contributed by atoms with Gasteiger partial charge in [-0.15, -0.1) is 0 Å². The first kappa shape index (κ1) is 16.6. The summed E-state index contributed by atoms with van der Waals surface area (Å²) in [6.45, 7) is 0. The van der Waals surface area contributed by atoms with E-state index in [4.69, 9.17) is 14.2 Å². The van der Waals surface area contributed by atoms with Crippen LogP contribution in [0, 0.1) is 0 Å². The second-order valence-corrected chi connectivity index (χ2v) is 5.35. The minimum atomic E-state index is -0.480. The maximum atomic E-state index is 12.4. The molecule has 0 amide bonds. The van der Waals surface area contributed by atoms with Crippen molar-refractivity contribution in [3.05, 3.63) is 78.4 Å². The molecule has 0 aliphatic heterocycles. The highest BCUT2D eigenvalue weighted by atomic mass is 16.5. The Kier molecular flexibility index (Phi) is 5.00. The van der Waals surface area contributed by atoms with E-state index in [1.807, 2.05) is 42.5 Å². The summed E-state index contributed by atoms with van der Waals surface area (Å²) in [4.78, 5) is 12.4. The summed E-state index contributed by atoms with van der Waals surface area (Å²) in [5.41, 5.74) is 2.51. The molecule has 0 aliphatic carbocycles. The van der Waals surface area contributed by atoms with E-state index in [9.17, 15) is 4.79 Å². The lowest BCUT2D eigenvalue weighted by Crippen LogP contribution is -2.10. The van der Waals surface area contributed by atoms with Gasteiger partial charge >= 0.3 is 5.97 Å². The van der Waals surface area contributed by atoms with E-state index in [0.29, 0.717) is 22.8 Å². The smallest absolute Gasteiger partial charge is 0.347 e. The molecule has 25 heavy (non-hydrogen) atoms. The lowest BCUT2D eigenvalue weighted by atomic mass is 10.1. The van der Waals surface area contributed by atoms with Crippen LogP contribution < -0.4 is 14.2 Å². The highest BCUT2D eigenvalue weighted by Gasteiger charge is 2.15. The van der Waals surface area contributed by atoms with Crippen molar-refractivity contribution in [3.63, 3.8) is 0 Å². The largest absolute Gasteiger partial charge is 0.497 e. The zero-order valence-corrected chi connectivity index (χ0v) is 14.1. The van der Waals surface area contributed by atoms with Crippen LogP contribution >= 0.6 is 0 Å². The lowest BCUT2D eigenvalue weighted by Gasteiger charge is -2.10. The predicted molar refractivity (Wildman–Crippen MR) is 96.4 cm³/mol. The lowest BCUT2D eigenvalue weighted by molar-refractivity contribution is 0.0731. The van der Waals surface area contributed by atoms with Crippen LogP contribution in [0.4, 0.5) is 0 Å². The molecule has 0 saturated carbocycles. The molecule has 0 aliphatic rings. The van der Waals surface area contributed by atoms with Crippen LogP contribution in [0.3, 0.4) is 0 Å². The fourth-order valence-corrected chi connectivity index (χ4v) is 2.48. The Morgan fingerprint density at radius 2 is 1.36 bits per heavy atom. The summed E-state index contributed by atoms with van der Waals surface area (Å²) in [5.74, 6) is 1.01. The van der Waals surface area contributed by atoms with Gasteiger partial charge in [-0.05, 0) is 35.4 Å². The van der Waals surface area contributed by atoms with E-state index in [1.165, 1.54) is 7.11 Å². The summed E-state index contributed by atoms with van der Waals surface area (Å²) < 4.78 is 15.8. The Balaban J connectivity index is 1.77. The first-order valence-corrected chi connectivity index (χ1v) is 7.81. The number of esters is 1. The standard InChI is InChI=1S/C21H18O4/c1-23-18-12-13-19(20(14-18)24-2)21(22)25-17-10-8-16(9-11-17)15-6-4-3-5-7-15/h3-14H,1-2H3. The van der Waals surface area contributed by atoms with Gasteiger partial charge in [-0.25, -0.2) is 4.79 Å². The molecule has 0 spiro atoms. The number of ether oxygens (including phenoxy) is 3. The van der Waals surface area contributed by atoms with Crippen LogP contribution in [-0.4, -0.2) is 20.2 Å². The highest BCUT2D eigenvalue weighted by Crippen LogP contribution is 2.27. The average Bonchev–Trinajstić information content (AvgIpc) is 2.68. The molecule has 0 fully saturated rings. The van der Waals surface area contributed by atoms with Crippen LogP contribution in [0.25, 0.3) is 11.1 Å². The van der Waals surface area contributed by atoms with Crippen LogP contribution in [0.15, 0.2) is 72.8 Å². The second-order valence-electron chi connectivity index (χ2n) is 5.35. The number of carbonyl (C=O) groups excluding carboxylic acids is 1. The molecule has 0 atom stereocenters. The predicted octanol–water partition coefficient (Wildman–Crippen LogP) is 4.59. The Hall–Kier alpha value is -3.27. The number of methoxy groups -OCH3 is 2. The van der Waals surface area contributed by atoms with Crippen molar-refractivity contribution in [2.75, 3.05) is 14.2 Å². The van der Waals surface area contributed by atoms with E-state index in [1.54, 1.807) is 37.4 Å². The van der Waals surface area contributed by atoms with Gasteiger partial charge in [0.25, 0.3) is 0 Å². The van der Waals surface area contributed by atoms with Crippen LogP contribution in [0.5, 0.6) is 17.2 Å². The number of hydrogen-bond donors (Lipinski definition) is 0. The second kappa shape index (κ2) is 7.53. The third-order valence-electron chi connectivity index (χ3n) is 3.80. The summed E-state index contributed by atoms with van der Waals surface area (Å²) in [5, 5.41) is 0. The molecule has 0 radical (unpaired) electrons. The van der Waals surface area contributed by atoms with E-state index in [2.05, 4.69) is 0 Å². The van der Waals surface area contributed by atoms with Crippen molar-refractivity contribution >= 4 is 5.97 Å². The van der Waals surface area contributed by atoms with Crippen molar-refractivity contribution in [1.82, 2.24) is 0 Å². The van der Waals surface area contributed by atoms with Crippen molar-refractivity contribution in [1.29, 1.82) is 0 Å². The quantitative estimate of drug-likeness (QED) is 0.506. The molecule has 0 unspecified atom stereocenters. The molecule has 0 bridgehead atoms. The number of benzene rings is 3. The fraction of sp³-hybridized carbons (Fsp3) is 0.0952. The molecule has 4 nitrogen and oxygen atoms in total. The van der Waals surface area contributed by atoms with Gasteiger partial charge in [-0.3, -0.25) is 0 Å². The number of carbonyl (C=O) groups is 1. The van der Waals surface area contributed by atoms with Gasteiger partial charge in [0.2, 0.25) is 0 Å². The van der Waals surface area contributed by atoms with E-state index in [-0.39, 0.29) is 0 Å². The SMILES string of the molecule is COc1ccc(C(=O)Oc2ccc(-c3ccccc3)cc2)c(OC)c1. The van der Waals surface area contributed by atoms with Gasteiger partial charge in [0.1, 0.15) is 22.8 Å². The summed E-state index contributed by atoms with van der Waals surface area (Å²) in [6.07, 6.45) is 0. The molecule has 0 saturated heterocycles. The zero-order valence-electron chi connectivity index (χ0n) is 14.1. The normalized spacial score (nSPS) is 10.2. The van der Waals surface area contributed by atoms with Crippen molar-refractivity contribution in [3.8, 4) is 28.4 Å². The van der Waals surface area contributed by atoms with Crippen LogP contribution in [-0.2, 0) is 0 Å². The third-order valence-corrected chi connectivity index (χ3v) is 3.80. The van der Waals surface area contributed by atoms with E-state index >= 15 is 0 Å². The Morgan fingerprint density at radius 1 is 0.720 bits per heavy atom. The Labute approximate surface area is 146 Å². The molecule has 4 heteroatoms. The average molecular weight is 334 g/mol. The van der Waals surface area contributed by atoms with Gasteiger partial charge in [0.05, 0.1) is 14.2 Å². The van der Waals surface area contributed by atoms with E-state index < -0.39 is 5.97 Å². The molecule has 0 aromatic heterocycles. The maximum Gasteiger partial charge on any atom is 0.347 e. The summed E-state index contributed by atoms with van der Waals surface area (Å²) >= 11 is 0. The third kappa shape index (κ3) is 3.80. The van der Waals surface area contributed by atoms with Crippen molar-refractivity contribution in [2.45, 2.75) is 0 Å². The van der Waals surface area contributed by atoms with Gasteiger partial charge in [-0.1, -0.05) is 42.5 Å². The maximum absolute atomic E-state index is 12.4. The molecule has 3 aromatic rings. The summed E-state index contributed by atoms with van der Waals surface area (Å²) in [6, 6.07) is 22.4. The molecule has 126 valence electrons.